The molecule has 1 fully saturated rings. The Hall–Kier alpha value is -0.600. The summed E-state index contributed by atoms with van der Waals surface area (Å²) in [6.07, 6.45) is -3.84. The highest BCUT2D eigenvalue weighted by molar-refractivity contribution is 14.1. The van der Waals surface area contributed by atoms with E-state index in [1.807, 2.05) is 0 Å². The third-order valence-corrected chi connectivity index (χ3v) is 7.16. The van der Waals surface area contributed by atoms with Gasteiger partial charge < -0.3 is 29.5 Å². The van der Waals surface area contributed by atoms with Gasteiger partial charge in [-0.25, -0.2) is 4.79 Å². The van der Waals surface area contributed by atoms with Gasteiger partial charge in [0.1, 0.15) is 12.2 Å². The van der Waals surface area contributed by atoms with Crippen LogP contribution in [0, 0.1) is 3.57 Å². The molecule has 0 radical (unpaired) electrons. The van der Waals surface area contributed by atoms with Gasteiger partial charge in [0.05, 0.1) is 15.3 Å². The Morgan fingerprint density at radius 3 is 2.57 bits per heavy atom. The molecule has 0 aromatic carbocycles. The number of ether oxygens (including phenoxy) is 1. The van der Waals surface area contributed by atoms with Gasteiger partial charge in [-0.3, -0.25) is 18.9 Å². The summed E-state index contributed by atoms with van der Waals surface area (Å²) in [5.41, 5.74) is -2.66. The standard InChI is InChI=1S/C15H24IN2O9P/c1-4-15(3,27-28(24,25)7(2)19)5-9-10(20)11(21)13(26-9)18-6-8(16)12(22)17-14(18)23/h6-7,9-11,13,19-21H,4-5H2,1-3H3,(H,24,25)(H,17,22,23)/t7?,9-,10-,11-,13-,15?/m1/s1. The fraction of sp³-hybridized carbons (Fsp3) is 0.733. The molecule has 1 aliphatic heterocycles. The van der Waals surface area contributed by atoms with E-state index in [0.29, 0.717) is 0 Å². The van der Waals surface area contributed by atoms with Gasteiger partial charge in [0.2, 0.25) is 0 Å². The SMILES string of the molecule is CCC(C)(C[C@H]1O[C@@H](n2cc(I)c(=O)[nH]c2=O)[C@H](O)[C@@H]1O)OP(=O)(O)C(C)O. The predicted molar refractivity (Wildman–Crippen MR) is 106 cm³/mol. The second-order valence-corrected chi connectivity index (χ2v) is 10.2. The highest BCUT2D eigenvalue weighted by Gasteiger charge is 2.48. The molecule has 11 nitrogen and oxygen atoms in total. The third kappa shape index (κ3) is 4.93. The number of hydrogen-bond donors (Lipinski definition) is 5. The van der Waals surface area contributed by atoms with E-state index in [1.165, 1.54) is 13.1 Å². The monoisotopic (exact) mass is 534 g/mol. The minimum atomic E-state index is -4.33. The second kappa shape index (κ2) is 8.64. The van der Waals surface area contributed by atoms with Crippen molar-refractivity contribution in [3.8, 4) is 0 Å². The first-order valence-electron chi connectivity index (χ1n) is 8.55. The Labute approximate surface area is 174 Å². The van der Waals surface area contributed by atoms with Crippen LogP contribution in [0.25, 0.3) is 0 Å². The van der Waals surface area contributed by atoms with Crippen LogP contribution in [0.1, 0.15) is 39.8 Å². The maximum atomic E-state index is 12.1. The van der Waals surface area contributed by atoms with E-state index in [9.17, 15) is 34.4 Å². The Kier molecular flexibility index (Phi) is 7.31. The molecular formula is C15H24IN2O9P. The van der Waals surface area contributed by atoms with Crippen LogP contribution in [0.15, 0.2) is 15.8 Å². The number of rotatable bonds is 7. The molecule has 7 atom stereocenters. The fourth-order valence-electron chi connectivity index (χ4n) is 2.84. The first kappa shape index (κ1) is 23.7. The summed E-state index contributed by atoms with van der Waals surface area (Å²) < 4.78 is 24.1. The summed E-state index contributed by atoms with van der Waals surface area (Å²) in [5.74, 6) is -1.60. The Morgan fingerprint density at radius 1 is 1.43 bits per heavy atom. The molecule has 0 amide bonds. The number of H-pyrrole nitrogens is 1. The molecular weight excluding hydrogens is 510 g/mol. The van der Waals surface area contributed by atoms with Gasteiger partial charge in [-0.2, -0.15) is 0 Å². The summed E-state index contributed by atoms with van der Waals surface area (Å²) in [7, 11) is -4.33. The zero-order chi connectivity index (χ0) is 21.4. The zero-order valence-corrected chi connectivity index (χ0v) is 18.5. The predicted octanol–water partition coefficient (Wildman–Crippen LogP) is -0.140. The summed E-state index contributed by atoms with van der Waals surface area (Å²) in [4.78, 5) is 35.5. The lowest BCUT2D eigenvalue weighted by atomic mass is 9.93. The lowest BCUT2D eigenvalue weighted by Gasteiger charge is -2.34. The molecule has 1 aliphatic rings. The Bertz CT molecular complexity index is 872. The third-order valence-electron chi connectivity index (χ3n) is 4.74. The first-order chi connectivity index (χ1) is 12.8. The van der Waals surface area contributed by atoms with Crippen molar-refractivity contribution in [3.63, 3.8) is 0 Å². The lowest BCUT2D eigenvalue weighted by Crippen LogP contribution is -2.39. The highest BCUT2D eigenvalue weighted by atomic mass is 127. The van der Waals surface area contributed by atoms with Crippen LogP contribution in [-0.4, -0.2) is 59.5 Å². The van der Waals surface area contributed by atoms with Crippen molar-refractivity contribution in [2.24, 2.45) is 0 Å². The molecule has 0 bridgehead atoms. The largest absolute Gasteiger partial charge is 0.388 e. The lowest BCUT2D eigenvalue weighted by molar-refractivity contribution is -0.0693. The quantitative estimate of drug-likeness (QED) is 0.236. The molecule has 28 heavy (non-hydrogen) atoms. The first-order valence-corrected chi connectivity index (χ1v) is 11.3. The average molecular weight is 534 g/mol. The van der Waals surface area contributed by atoms with Crippen LogP contribution < -0.4 is 11.2 Å². The average Bonchev–Trinajstić information content (AvgIpc) is 2.85. The van der Waals surface area contributed by atoms with Crippen molar-refractivity contribution in [1.29, 1.82) is 0 Å². The molecule has 13 heteroatoms. The maximum Gasteiger partial charge on any atom is 0.356 e. The minimum absolute atomic E-state index is 0.0926. The van der Waals surface area contributed by atoms with Gasteiger partial charge in [0, 0.05) is 12.6 Å². The van der Waals surface area contributed by atoms with Crippen molar-refractivity contribution in [2.45, 2.75) is 69.6 Å². The summed E-state index contributed by atoms with van der Waals surface area (Å²) >= 11 is 1.71. The summed E-state index contributed by atoms with van der Waals surface area (Å²) in [6.45, 7) is 4.33. The zero-order valence-electron chi connectivity index (χ0n) is 15.5. The van der Waals surface area contributed by atoms with E-state index < -0.39 is 54.8 Å². The van der Waals surface area contributed by atoms with Gasteiger partial charge in [0.25, 0.3) is 5.56 Å². The summed E-state index contributed by atoms with van der Waals surface area (Å²) in [6, 6.07) is 0. The number of hydrogen-bond acceptors (Lipinski definition) is 8. The van der Waals surface area contributed by atoms with Crippen LogP contribution >= 0.6 is 30.2 Å². The number of nitrogens with one attached hydrogen (secondary N) is 1. The molecule has 160 valence electrons. The highest BCUT2D eigenvalue weighted by Crippen LogP contribution is 2.52. The van der Waals surface area contributed by atoms with Crippen LogP contribution in [0.5, 0.6) is 0 Å². The van der Waals surface area contributed by atoms with E-state index in [4.69, 9.17) is 9.26 Å². The Morgan fingerprint density at radius 2 is 2.04 bits per heavy atom. The van der Waals surface area contributed by atoms with Gasteiger partial charge >= 0.3 is 13.3 Å². The number of halogens is 1. The van der Waals surface area contributed by atoms with Crippen molar-refractivity contribution in [3.05, 3.63) is 30.6 Å². The van der Waals surface area contributed by atoms with Crippen molar-refractivity contribution in [1.82, 2.24) is 9.55 Å². The van der Waals surface area contributed by atoms with Crippen molar-refractivity contribution >= 4 is 30.2 Å². The molecule has 0 saturated carbocycles. The molecule has 2 rings (SSSR count). The van der Waals surface area contributed by atoms with Gasteiger partial charge in [-0.1, -0.05) is 6.92 Å². The van der Waals surface area contributed by atoms with Gasteiger partial charge in [-0.05, 0) is 42.9 Å². The molecule has 5 N–H and O–H groups in total. The van der Waals surface area contributed by atoms with E-state index in [-0.39, 0.29) is 16.4 Å². The minimum Gasteiger partial charge on any atom is -0.388 e. The normalized spacial score (nSPS) is 30.6. The van der Waals surface area contributed by atoms with Gasteiger partial charge in [-0.15, -0.1) is 0 Å². The maximum absolute atomic E-state index is 12.1. The van der Waals surface area contributed by atoms with E-state index in [2.05, 4.69) is 4.98 Å². The molecule has 0 spiro atoms. The second-order valence-electron chi connectivity index (χ2n) is 6.98. The van der Waals surface area contributed by atoms with E-state index in [1.54, 1.807) is 29.5 Å². The Balaban J connectivity index is 2.26. The summed E-state index contributed by atoms with van der Waals surface area (Å²) in [5, 5.41) is 30.1. The van der Waals surface area contributed by atoms with Crippen molar-refractivity contribution < 1.29 is 34.0 Å². The molecule has 2 heterocycles. The molecule has 0 aliphatic carbocycles. The molecule has 1 aromatic heterocycles. The van der Waals surface area contributed by atoms with E-state index in [0.717, 1.165) is 11.5 Å². The fourth-order valence-corrected chi connectivity index (χ4v) is 4.26. The van der Waals surface area contributed by atoms with Crippen LogP contribution in [0.3, 0.4) is 0 Å². The molecule has 3 unspecified atom stereocenters. The number of aliphatic hydroxyl groups is 3. The number of aromatic nitrogens is 2. The van der Waals surface area contributed by atoms with E-state index >= 15 is 0 Å². The van der Waals surface area contributed by atoms with Gasteiger partial charge in [0.15, 0.2) is 12.1 Å². The van der Waals surface area contributed by atoms with Crippen LogP contribution in [0.4, 0.5) is 0 Å². The topological polar surface area (TPSA) is 171 Å². The number of aliphatic hydroxyl groups excluding tert-OH is 3. The van der Waals surface area contributed by atoms with Crippen LogP contribution in [0.2, 0.25) is 0 Å². The molecule has 1 saturated heterocycles. The number of nitrogens with zero attached hydrogens (tertiary/aromatic N) is 1. The van der Waals surface area contributed by atoms with Crippen molar-refractivity contribution in [2.75, 3.05) is 0 Å². The van der Waals surface area contributed by atoms with Crippen LogP contribution in [-0.2, 0) is 13.8 Å². The number of aromatic amines is 1. The smallest absolute Gasteiger partial charge is 0.356 e. The molecule has 1 aromatic rings.